The Balaban J connectivity index is 4.56. The number of nitrogens with one attached hydrogen (secondary N) is 2. The lowest BCUT2D eigenvalue weighted by Gasteiger charge is -2.05. The van der Waals surface area contributed by atoms with Gasteiger partial charge in [0.2, 0.25) is 6.41 Å². The van der Waals surface area contributed by atoms with Crippen LogP contribution in [0.25, 0.3) is 0 Å². The van der Waals surface area contributed by atoms with Crippen molar-refractivity contribution < 1.29 is 9.59 Å². The van der Waals surface area contributed by atoms with E-state index in [1.165, 1.54) is 7.05 Å². The Morgan fingerprint density at radius 3 is 2.27 bits per heavy atom. The highest BCUT2D eigenvalue weighted by Crippen LogP contribution is 1.87. The van der Waals surface area contributed by atoms with Gasteiger partial charge in [-0.05, 0) is 0 Å². The van der Waals surface area contributed by atoms with Crippen molar-refractivity contribution in [3.8, 4) is 0 Å². The number of rotatable bonds is 4. The standard InChI is InChI=1S/C5H10N4O2/c1-8-4(6)3(5(7)11)9-2-10/h2,8H,6H2,1H3,(H2,7,11)(H,9,10)/b4-3+. The topological polar surface area (TPSA) is 110 Å². The average molecular weight is 158 g/mol. The number of hydrogen-bond donors (Lipinski definition) is 4. The summed E-state index contributed by atoms with van der Waals surface area (Å²) >= 11 is 0. The molecule has 0 bridgehead atoms. The number of carbonyl (C=O) groups excluding carboxylic acids is 2. The van der Waals surface area contributed by atoms with Crippen molar-refractivity contribution in [1.82, 2.24) is 10.6 Å². The van der Waals surface area contributed by atoms with Gasteiger partial charge >= 0.3 is 0 Å². The molecule has 0 heterocycles. The molecule has 0 fully saturated rings. The molecule has 0 aromatic carbocycles. The van der Waals surface area contributed by atoms with Crippen LogP contribution in [0.2, 0.25) is 0 Å². The van der Waals surface area contributed by atoms with E-state index < -0.39 is 5.91 Å². The van der Waals surface area contributed by atoms with Crippen LogP contribution in [0.15, 0.2) is 11.5 Å². The van der Waals surface area contributed by atoms with Crippen LogP contribution >= 0.6 is 0 Å². The van der Waals surface area contributed by atoms with Gasteiger partial charge in [-0.3, -0.25) is 9.59 Å². The minimum atomic E-state index is -0.788. The summed E-state index contributed by atoms with van der Waals surface area (Å²) in [6, 6.07) is 0. The van der Waals surface area contributed by atoms with Gasteiger partial charge in [-0.2, -0.15) is 0 Å². The molecule has 11 heavy (non-hydrogen) atoms. The molecule has 0 radical (unpaired) electrons. The summed E-state index contributed by atoms with van der Waals surface area (Å²) in [5, 5.41) is 4.54. The molecule has 0 aromatic rings. The second-order valence-electron chi connectivity index (χ2n) is 1.67. The van der Waals surface area contributed by atoms with Gasteiger partial charge in [-0.1, -0.05) is 0 Å². The molecule has 0 aliphatic rings. The van der Waals surface area contributed by atoms with E-state index in [2.05, 4.69) is 10.6 Å². The summed E-state index contributed by atoms with van der Waals surface area (Å²) in [4.78, 5) is 20.4. The average Bonchev–Trinajstić information content (AvgIpc) is 1.98. The van der Waals surface area contributed by atoms with Crippen LogP contribution in [-0.2, 0) is 9.59 Å². The normalized spacial score (nSPS) is 11.4. The van der Waals surface area contributed by atoms with Crippen LogP contribution in [0.4, 0.5) is 0 Å². The van der Waals surface area contributed by atoms with E-state index in [1.807, 2.05) is 0 Å². The lowest BCUT2D eigenvalue weighted by atomic mass is 10.4. The quantitative estimate of drug-likeness (QED) is 0.269. The van der Waals surface area contributed by atoms with E-state index in [-0.39, 0.29) is 11.5 Å². The zero-order chi connectivity index (χ0) is 8.85. The second-order valence-corrected chi connectivity index (χ2v) is 1.67. The van der Waals surface area contributed by atoms with E-state index in [1.54, 1.807) is 0 Å². The summed E-state index contributed by atoms with van der Waals surface area (Å²) in [7, 11) is 1.50. The van der Waals surface area contributed by atoms with Gasteiger partial charge in [0.25, 0.3) is 5.91 Å². The van der Waals surface area contributed by atoms with Crippen molar-refractivity contribution in [2.75, 3.05) is 7.05 Å². The maximum absolute atomic E-state index is 10.5. The predicted octanol–water partition coefficient (Wildman–Crippen LogP) is -2.44. The van der Waals surface area contributed by atoms with Crippen molar-refractivity contribution in [2.24, 2.45) is 11.5 Å². The van der Waals surface area contributed by atoms with Gasteiger partial charge in [0.05, 0.1) is 0 Å². The molecule has 0 aliphatic carbocycles. The first kappa shape index (κ1) is 9.28. The number of amides is 2. The third-order valence-electron chi connectivity index (χ3n) is 0.988. The first-order valence-corrected chi connectivity index (χ1v) is 2.81. The Morgan fingerprint density at radius 1 is 1.45 bits per heavy atom. The Morgan fingerprint density at radius 2 is 2.00 bits per heavy atom. The highest BCUT2D eigenvalue weighted by molar-refractivity contribution is 5.93. The smallest absolute Gasteiger partial charge is 0.268 e. The van der Waals surface area contributed by atoms with E-state index in [0.29, 0.717) is 6.41 Å². The highest BCUT2D eigenvalue weighted by atomic mass is 16.2. The fourth-order valence-electron chi connectivity index (χ4n) is 0.466. The van der Waals surface area contributed by atoms with Crippen molar-refractivity contribution in [3.05, 3.63) is 11.5 Å². The van der Waals surface area contributed by atoms with Crippen molar-refractivity contribution >= 4 is 12.3 Å². The van der Waals surface area contributed by atoms with Crippen LogP contribution in [0.3, 0.4) is 0 Å². The lowest BCUT2D eigenvalue weighted by Crippen LogP contribution is -2.32. The molecule has 6 N–H and O–H groups in total. The summed E-state index contributed by atoms with van der Waals surface area (Å²) < 4.78 is 0. The van der Waals surface area contributed by atoms with Gasteiger partial charge in [-0.25, -0.2) is 0 Å². The van der Waals surface area contributed by atoms with E-state index in [4.69, 9.17) is 11.5 Å². The lowest BCUT2D eigenvalue weighted by molar-refractivity contribution is -0.117. The Bertz CT molecular complexity index is 199. The summed E-state index contributed by atoms with van der Waals surface area (Å²) in [6.07, 6.45) is 0.324. The number of primary amides is 1. The van der Waals surface area contributed by atoms with Gasteiger partial charge in [-0.15, -0.1) is 0 Å². The largest absolute Gasteiger partial charge is 0.384 e. The molecule has 0 rings (SSSR count). The Kier molecular flexibility index (Phi) is 3.50. The van der Waals surface area contributed by atoms with Crippen molar-refractivity contribution in [2.45, 2.75) is 0 Å². The fraction of sp³-hybridized carbons (Fsp3) is 0.200. The van der Waals surface area contributed by atoms with E-state index >= 15 is 0 Å². The molecule has 2 amide bonds. The zero-order valence-electron chi connectivity index (χ0n) is 6.05. The molecule has 6 nitrogen and oxygen atoms in total. The van der Waals surface area contributed by atoms with Crippen LogP contribution in [0.5, 0.6) is 0 Å². The SMILES string of the molecule is CN/C(N)=C(/NC=O)C(N)=O. The maximum Gasteiger partial charge on any atom is 0.268 e. The first-order chi connectivity index (χ1) is 5.13. The first-order valence-electron chi connectivity index (χ1n) is 2.81. The van der Waals surface area contributed by atoms with E-state index in [0.717, 1.165) is 0 Å². The van der Waals surface area contributed by atoms with Crippen molar-refractivity contribution in [3.63, 3.8) is 0 Å². The van der Waals surface area contributed by atoms with Gasteiger partial charge < -0.3 is 22.1 Å². The zero-order valence-corrected chi connectivity index (χ0v) is 6.05. The van der Waals surface area contributed by atoms with Crippen LogP contribution < -0.4 is 22.1 Å². The molecular formula is C5H10N4O2. The third-order valence-corrected chi connectivity index (χ3v) is 0.988. The van der Waals surface area contributed by atoms with Crippen LogP contribution in [-0.4, -0.2) is 19.4 Å². The third kappa shape index (κ3) is 2.57. The highest BCUT2D eigenvalue weighted by Gasteiger charge is 2.07. The molecule has 0 aromatic heterocycles. The molecular weight excluding hydrogens is 148 g/mol. The number of hydrogen-bond acceptors (Lipinski definition) is 4. The molecule has 6 heteroatoms. The van der Waals surface area contributed by atoms with E-state index in [9.17, 15) is 9.59 Å². The van der Waals surface area contributed by atoms with Crippen LogP contribution in [0.1, 0.15) is 0 Å². The minimum absolute atomic E-state index is 0.0320. The fourth-order valence-corrected chi connectivity index (χ4v) is 0.466. The number of carbonyl (C=O) groups is 2. The van der Waals surface area contributed by atoms with Crippen molar-refractivity contribution in [1.29, 1.82) is 0 Å². The minimum Gasteiger partial charge on any atom is -0.384 e. The molecule has 0 saturated carbocycles. The monoisotopic (exact) mass is 158 g/mol. The Hall–Kier alpha value is -1.72. The van der Waals surface area contributed by atoms with Gasteiger partial charge in [0.15, 0.2) is 0 Å². The summed E-state index contributed by atoms with van der Waals surface area (Å²) in [5.74, 6) is -0.756. The van der Waals surface area contributed by atoms with Gasteiger partial charge in [0.1, 0.15) is 11.5 Å². The molecule has 0 atom stereocenters. The summed E-state index contributed by atoms with van der Waals surface area (Å²) in [6.45, 7) is 0. The molecule has 0 unspecified atom stereocenters. The predicted molar refractivity (Wildman–Crippen MR) is 38.7 cm³/mol. The number of nitrogens with two attached hydrogens (primary N) is 2. The summed E-state index contributed by atoms with van der Waals surface area (Å²) in [5.41, 5.74) is 9.97. The molecule has 0 aliphatic heterocycles. The molecule has 62 valence electrons. The van der Waals surface area contributed by atoms with Crippen LogP contribution in [0, 0.1) is 0 Å². The van der Waals surface area contributed by atoms with Gasteiger partial charge in [0, 0.05) is 7.05 Å². The maximum atomic E-state index is 10.5. The molecule has 0 saturated heterocycles. The Labute approximate surface area is 63.6 Å². The second kappa shape index (κ2) is 4.15. The molecule has 0 spiro atoms.